The highest BCUT2D eigenvalue weighted by Gasteiger charge is 2.38. The largest absolute Gasteiger partial charge is 0.328 e. The molecule has 0 aromatic heterocycles. The Balaban J connectivity index is 2.10. The third kappa shape index (κ3) is 2.20. The number of nitrogens with two attached hydrogens (primary N) is 1. The quantitative estimate of drug-likeness (QED) is 0.810. The number of hydrogen-bond donors (Lipinski definition) is 1. The van der Waals surface area contributed by atoms with Gasteiger partial charge in [0.05, 0.1) is 0 Å². The zero-order valence-corrected chi connectivity index (χ0v) is 9.17. The molecule has 1 fully saturated rings. The lowest BCUT2D eigenvalue weighted by molar-refractivity contribution is 0.0609. The molecule has 2 rings (SSSR count). The van der Waals surface area contributed by atoms with Gasteiger partial charge in [-0.05, 0) is 43.7 Å². The van der Waals surface area contributed by atoms with Crippen molar-refractivity contribution in [3.63, 3.8) is 0 Å². The lowest BCUT2D eigenvalue weighted by Gasteiger charge is -2.34. The molecule has 1 unspecified atom stereocenters. The van der Waals surface area contributed by atoms with Crippen LogP contribution in [0, 0.1) is 0 Å². The molecule has 1 nitrogen and oxygen atoms in total. The van der Waals surface area contributed by atoms with Crippen LogP contribution in [0.15, 0.2) is 24.3 Å². The summed E-state index contributed by atoms with van der Waals surface area (Å²) in [5.41, 5.74) is 6.70. The predicted octanol–water partition coefficient (Wildman–Crippen LogP) is 2.93. The topological polar surface area (TPSA) is 26.0 Å². The van der Waals surface area contributed by atoms with Gasteiger partial charge in [0, 0.05) is 6.04 Å². The van der Waals surface area contributed by atoms with Crippen LogP contribution in [0.1, 0.15) is 37.3 Å². The standard InChI is InChI=1S/C13H18FN/c1-10(15)9-11-3-5-12(6-4-11)13(14)7-2-8-13/h3-6,10H,2,7-9,15H2,1H3. The Hall–Kier alpha value is -0.890. The van der Waals surface area contributed by atoms with E-state index in [0.29, 0.717) is 12.8 Å². The van der Waals surface area contributed by atoms with Crippen molar-refractivity contribution in [2.75, 3.05) is 0 Å². The minimum atomic E-state index is -1.03. The second kappa shape index (κ2) is 3.93. The minimum absolute atomic E-state index is 0.166. The summed E-state index contributed by atoms with van der Waals surface area (Å²) in [5, 5.41) is 0. The molecule has 1 saturated carbocycles. The van der Waals surface area contributed by atoms with Gasteiger partial charge in [-0.1, -0.05) is 24.3 Å². The molecule has 1 aromatic carbocycles. The highest BCUT2D eigenvalue weighted by atomic mass is 19.1. The van der Waals surface area contributed by atoms with Crippen molar-refractivity contribution in [1.82, 2.24) is 0 Å². The van der Waals surface area contributed by atoms with Gasteiger partial charge in [-0.3, -0.25) is 0 Å². The van der Waals surface area contributed by atoms with E-state index in [9.17, 15) is 4.39 Å². The Kier molecular flexibility index (Phi) is 2.79. The first-order valence-electron chi connectivity index (χ1n) is 5.64. The molecule has 1 atom stereocenters. The maximum absolute atomic E-state index is 14.0. The summed E-state index contributed by atoms with van der Waals surface area (Å²) in [6.07, 6.45) is 3.23. The molecule has 0 saturated heterocycles. The SMILES string of the molecule is CC(N)Cc1ccc(C2(F)CCC2)cc1. The third-order valence-electron chi connectivity index (χ3n) is 3.18. The fourth-order valence-corrected chi connectivity index (χ4v) is 2.09. The van der Waals surface area contributed by atoms with Crippen LogP contribution in [0.25, 0.3) is 0 Å². The van der Waals surface area contributed by atoms with Gasteiger partial charge in [0.15, 0.2) is 0 Å². The first-order valence-corrected chi connectivity index (χ1v) is 5.64. The van der Waals surface area contributed by atoms with Crippen molar-refractivity contribution in [3.8, 4) is 0 Å². The molecule has 0 heterocycles. The van der Waals surface area contributed by atoms with E-state index in [1.165, 1.54) is 5.56 Å². The highest BCUT2D eigenvalue weighted by molar-refractivity contribution is 5.29. The van der Waals surface area contributed by atoms with Crippen LogP contribution in [-0.4, -0.2) is 6.04 Å². The molecule has 82 valence electrons. The third-order valence-corrected chi connectivity index (χ3v) is 3.18. The number of alkyl halides is 1. The van der Waals surface area contributed by atoms with Gasteiger partial charge in [0.2, 0.25) is 0 Å². The molecule has 1 aromatic rings. The maximum Gasteiger partial charge on any atom is 0.136 e. The van der Waals surface area contributed by atoms with Crippen molar-refractivity contribution >= 4 is 0 Å². The zero-order chi connectivity index (χ0) is 10.9. The smallest absolute Gasteiger partial charge is 0.136 e. The molecule has 0 amide bonds. The van der Waals surface area contributed by atoms with Gasteiger partial charge in [-0.25, -0.2) is 4.39 Å². The Morgan fingerprint density at radius 1 is 1.33 bits per heavy atom. The van der Waals surface area contributed by atoms with Crippen LogP contribution < -0.4 is 5.73 Å². The first-order chi connectivity index (χ1) is 7.10. The maximum atomic E-state index is 14.0. The molecule has 2 N–H and O–H groups in total. The van der Waals surface area contributed by atoms with Gasteiger partial charge in [-0.15, -0.1) is 0 Å². The molecule has 15 heavy (non-hydrogen) atoms. The normalized spacial score (nSPS) is 20.7. The predicted molar refractivity (Wildman–Crippen MR) is 60.4 cm³/mol. The molecular weight excluding hydrogens is 189 g/mol. The second-order valence-electron chi connectivity index (χ2n) is 4.70. The van der Waals surface area contributed by atoms with Gasteiger partial charge < -0.3 is 5.73 Å². The van der Waals surface area contributed by atoms with Gasteiger partial charge in [0.1, 0.15) is 5.67 Å². The Labute approximate surface area is 90.5 Å². The van der Waals surface area contributed by atoms with Crippen LogP contribution in [0.2, 0.25) is 0 Å². The Bertz CT molecular complexity index is 325. The van der Waals surface area contributed by atoms with Crippen molar-refractivity contribution in [1.29, 1.82) is 0 Å². The van der Waals surface area contributed by atoms with Gasteiger partial charge in [-0.2, -0.15) is 0 Å². The molecule has 0 bridgehead atoms. The van der Waals surface area contributed by atoms with Crippen molar-refractivity contribution in [2.45, 2.75) is 44.3 Å². The van der Waals surface area contributed by atoms with E-state index in [1.54, 1.807) is 0 Å². The monoisotopic (exact) mass is 207 g/mol. The van der Waals surface area contributed by atoms with Gasteiger partial charge >= 0.3 is 0 Å². The summed E-state index contributed by atoms with van der Waals surface area (Å²) < 4.78 is 14.0. The molecule has 1 aliphatic rings. The van der Waals surface area contributed by atoms with Crippen molar-refractivity contribution in [3.05, 3.63) is 35.4 Å². The Morgan fingerprint density at radius 2 is 1.93 bits per heavy atom. The van der Waals surface area contributed by atoms with E-state index in [1.807, 2.05) is 31.2 Å². The summed E-state index contributed by atoms with van der Waals surface area (Å²) in [6.45, 7) is 1.98. The lowest BCUT2D eigenvalue weighted by Crippen LogP contribution is -2.28. The fraction of sp³-hybridized carbons (Fsp3) is 0.538. The van der Waals surface area contributed by atoms with Crippen LogP contribution in [0.4, 0.5) is 4.39 Å². The number of halogens is 1. The zero-order valence-electron chi connectivity index (χ0n) is 9.17. The number of hydrogen-bond acceptors (Lipinski definition) is 1. The van der Waals surface area contributed by atoms with Crippen LogP contribution >= 0.6 is 0 Å². The molecule has 0 spiro atoms. The van der Waals surface area contributed by atoms with E-state index >= 15 is 0 Å². The average molecular weight is 207 g/mol. The summed E-state index contributed by atoms with van der Waals surface area (Å²) in [6, 6.07) is 7.99. The van der Waals surface area contributed by atoms with Crippen LogP contribution in [0.3, 0.4) is 0 Å². The molecular formula is C13H18FN. The van der Waals surface area contributed by atoms with E-state index < -0.39 is 5.67 Å². The average Bonchev–Trinajstić information content (AvgIpc) is 2.14. The molecule has 0 aliphatic heterocycles. The summed E-state index contributed by atoms with van der Waals surface area (Å²) >= 11 is 0. The van der Waals surface area contributed by atoms with Crippen molar-refractivity contribution in [2.24, 2.45) is 5.73 Å². The summed E-state index contributed by atoms with van der Waals surface area (Å²) in [5.74, 6) is 0. The molecule has 0 radical (unpaired) electrons. The van der Waals surface area contributed by atoms with E-state index in [4.69, 9.17) is 5.73 Å². The van der Waals surface area contributed by atoms with Crippen LogP contribution in [0.5, 0.6) is 0 Å². The fourth-order valence-electron chi connectivity index (χ4n) is 2.09. The van der Waals surface area contributed by atoms with Crippen molar-refractivity contribution < 1.29 is 4.39 Å². The summed E-state index contributed by atoms with van der Waals surface area (Å²) in [4.78, 5) is 0. The van der Waals surface area contributed by atoms with E-state index in [0.717, 1.165) is 18.4 Å². The highest BCUT2D eigenvalue weighted by Crippen LogP contribution is 2.44. The number of rotatable bonds is 3. The second-order valence-corrected chi connectivity index (χ2v) is 4.70. The van der Waals surface area contributed by atoms with Crippen LogP contribution in [-0.2, 0) is 12.1 Å². The van der Waals surface area contributed by atoms with E-state index in [-0.39, 0.29) is 6.04 Å². The Morgan fingerprint density at radius 3 is 2.33 bits per heavy atom. The first kappa shape index (κ1) is 10.6. The minimum Gasteiger partial charge on any atom is -0.328 e. The van der Waals surface area contributed by atoms with Gasteiger partial charge in [0.25, 0.3) is 0 Å². The number of benzene rings is 1. The molecule has 1 aliphatic carbocycles. The van der Waals surface area contributed by atoms with E-state index in [2.05, 4.69) is 0 Å². The molecule has 2 heteroatoms. The summed E-state index contributed by atoms with van der Waals surface area (Å²) in [7, 11) is 0. The lowest BCUT2D eigenvalue weighted by atomic mass is 9.76.